The van der Waals surface area contributed by atoms with Crippen LogP contribution in [0.25, 0.3) is 0 Å². The molecule has 7 heteroatoms. The molecule has 0 aliphatic heterocycles. The summed E-state index contributed by atoms with van der Waals surface area (Å²) in [6.45, 7) is 0.287. The lowest BCUT2D eigenvalue weighted by Crippen LogP contribution is -2.37. The smallest absolute Gasteiger partial charge is 0.264 e. The van der Waals surface area contributed by atoms with Crippen LogP contribution in [0.2, 0.25) is 0 Å². The van der Waals surface area contributed by atoms with Crippen molar-refractivity contribution in [3.8, 4) is 11.6 Å². The zero-order valence-electron chi connectivity index (χ0n) is 15.0. The van der Waals surface area contributed by atoms with Crippen LogP contribution in [0.15, 0.2) is 79.0 Å². The Morgan fingerprint density at radius 3 is 2.57 bits per heavy atom. The molecule has 28 heavy (non-hydrogen) atoms. The van der Waals surface area contributed by atoms with E-state index in [0.717, 1.165) is 5.56 Å². The normalized spacial score (nSPS) is 10.0. The van der Waals surface area contributed by atoms with Gasteiger partial charge in [0.2, 0.25) is 5.88 Å². The highest BCUT2D eigenvalue weighted by Gasteiger charge is 2.07. The Hall–Kier alpha value is -3.45. The Morgan fingerprint density at radius 2 is 1.79 bits per heavy atom. The van der Waals surface area contributed by atoms with Gasteiger partial charge >= 0.3 is 0 Å². The second-order valence-electron chi connectivity index (χ2n) is 5.76. The van der Waals surface area contributed by atoms with Crippen LogP contribution in [0.5, 0.6) is 11.6 Å². The molecule has 142 valence electrons. The van der Waals surface area contributed by atoms with Gasteiger partial charge in [-0.2, -0.15) is 0 Å². The van der Waals surface area contributed by atoms with Gasteiger partial charge in [-0.3, -0.25) is 10.1 Å². The first-order valence-corrected chi connectivity index (χ1v) is 9.01. The van der Waals surface area contributed by atoms with Crippen LogP contribution in [0.4, 0.5) is 5.69 Å². The topological polar surface area (TPSA) is 72.5 Å². The molecule has 1 aromatic heterocycles. The number of anilines is 1. The molecule has 6 nitrogen and oxygen atoms in total. The van der Waals surface area contributed by atoms with Crippen molar-refractivity contribution in [2.75, 3.05) is 11.9 Å². The molecule has 0 aliphatic rings. The van der Waals surface area contributed by atoms with E-state index in [0.29, 0.717) is 23.9 Å². The summed E-state index contributed by atoms with van der Waals surface area (Å²) in [4.78, 5) is 15.9. The minimum atomic E-state index is -0.375. The van der Waals surface area contributed by atoms with Crippen molar-refractivity contribution >= 4 is 28.9 Å². The lowest BCUT2D eigenvalue weighted by atomic mass is 10.2. The van der Waals surface area contributed by atoms with Crippen molar-refractivity contribution in [3.63, 3.8) is 0 Å². The molecule has 0 fully saturated rings. The quantitative estimate of drug-likeness (QED) is 0.598. The minimum Gasteiger partial charge on any atom is -0.489 e. The molecular formula is C21H19N3O3S. The molecular weight excluding hydrogens is 374 g/mol. The van der Waals surface area contributed by atoms with Gasteiger partial charge in [0, 0.05) is 24.0 Å². The molecule has 0 radical (unpaired) electrons. The Labute approximate surface area is 168 Å². The first-order valence-electron chi connectivity index (χ1n) is 8.60. The van der Waals surface area contributed by atoms with Crippen LogP contribution in [0, 0.1) is 0 Å². The van der Waals surface area contributed by atoms with Gasteiger partial charge in [-0.15, -0.1) is 0 Å². The fraction of sp³-hybridized carbons (Fsp3) is 0.0952. The van der Waals surface area contributed by atoms with E-state index in [4.69, 9.17) is 21.7 Å². The highest BCUT2D eigenvalue weighted by Crippen LogP contribution is 2.18. The number of amides is 1. The predicted octanol–water partition coefficient (Wildman–Crippen LogP) is 3.55. The summed E-state index contributed by atoms with van der Waals surface area (Å²) in [5, 5.41) is 5.70. The molecule has 1 heterocycles. The maximum Gasteiger partial charge on any atom is 0.264 e. The summed E-state index contributed by atoms with van der Waals surface area (Å²) in [6.07, 6.45) is 1.59. The summed E-state index contributed by atoms with van der Waals surface area (Å²) >= 11 is 5.17. The zero-order valence-corrected chi connectivity index (χ0v) is 15.8. The van der Waals surface area contributed by atoms with E-state index in [2.05, 4.69) is 15.6 Å². The van der Waals surface area contributed by atoms with Gasteiger partial charge in [0.25, 0.3) is 5.91 Å². The van der Waals surface area contributed by atoms with E-state index in [1.54, 1.807) is 24.4 Å². The number of nitrogens with one attached hydrogen (secondary N) is 2. The molecule has 2 aromatic carbocycles. The number of pyridine rings is 1. The van der Waals surface area contributed by atoms with Crippen LogP contribution in [-0.2, 0) is 11.4 Å². The number of hydrogen-bond acceptors (Lipinski definition) is 5. The maximum absolute atomic E-state index is 11.9. The Balaban J connectivity index is 1.46. The van der Waals surface area contributed by atoms with Gasteiger partial charge in [-0.1, -0.05) is 42.5 Å². The highest BCUT2D eigenvalue weighted by molar-refractivity contribution is 7.80. The van der Waals surface area contributed by atoms with E-state index >= 15 is 0 Å². The number of rotatable bonds is 7. The van der Waals surface area contributed by atoms with Gasteiger partial charge in [0.1, 0.15) is 12.4 Å². The molecule has 3 aromatic rings. The summed E-state index contributed by atoms with van der Waals surface area (Å²) in [5.41, 5.74) is 1.79. The van der Waals surface area contributed by atoms with Crippen molar-refractivity contribution in [1.29, 1.82) is 0 Å². The number of ether oxygens (including phenoxy) is 2. The predicted molar refractivity (Wildman–Crippen MR) is 111 cm³/mol. The Bertz CT molecular complexity index is 920. The molecule has 0 saturated carbocycles. The van der Waals surface area contributed by atoms with Gasteiger partial charge in [-0.25, -0.2) is 4.98 Å². The largest absolute Gasteiger partial charge is 0.489 e. The van der Waals surface area contributed by atoms with E-state index < -0.39 is 0 Å². The van der Waals surface area contributed by atoms with E-state index in [-0.39, 0.29) is 17.6 Å². The SMILES string of the molecule is O=C(COc1ccccn1)NC(=S)Nc1cccc(OCc2ccccc2)c1. The number of carbonyl (C=O) groups is 1. The Kier molecular flexibility index (Phi) is 6.92. The van der Waals surface area contributed by atoms with Gasteiger partial charge in [0.05, 0.1) is 0 Å². The number of aromatic nitrogens is 1. The Morgan fingerprint density at radius 1 is 0.964 bits per heavy atom. The van der Waals surface area contributed by atoms with Crippen LogP contribution in [-0.4, -0.2) is 22.6 Å². The van der Waals surface area contributed by atoms with Crippen LogP contribution >= 0.6 is 12.2 Å². The van der Waals surface area contributed by atoms with Crippen molar-refractivity contribution in [3.05, 3.63) is 84.6 Å². The monoisotopic (exact) mass is 393 g/mol. The molecule has 2 N–H and O–H groups in total. The average molecular weight is 393 g/mol. The minimum absolute atomic E-state index is 0.176. The van der Waals surface area contributed by atoms with Crippen molar-refractivity contribution in [2.24, 2.45) is 0 Å². The maximum atomic E-state index is 11.9. The van der Waals surface area contributed by atoms with Crippen molar-refractivity contribution in [2.45, 2.75) is 6.61 Å². The van der Waals surface area contributed by atoms with Gasteiger partial charge < -0.3 is 14.8 Å². The zero-order chi connectivity index (χ0) is 19.6. The summed E-state index contributed by atoms with van der Waals surface area (Å²) in [7, 11) is 0. The molecule has 0 unspecified atom stereocenters. The molecule has 0 saturated heterocycles. The number of carbonyl (C=O) groups excluding carboxylic acids is 1. The number of thiocarbonyl (C=S) groups is 1. The number of benzene rings is 2. The van der Waals surface area contributed by atoms with E-state index in [1.807, 2.05) is 54.6 Å². The van der Waals surface area contributed by atoms with Crippen LogP contribution < -0.4 is 20.1 Å². The second-order valence-corrected chi connectivity index (χ2v) is 6.17. The summed E-state index contributed by atoms with van der Waals surface area (Å²) < 4.78 is 11.1. The molecule has 1 amide bonds. The molecule has 0 aliphatic carbocycles. The summed E-state index contributed by atoms with van der Waals surface area (Å²) in [5.74, 6) is 0.695. The molecule has 0 bridgehead atoms. The van der Waals surface area contributed by atoms with Crippen LogP contribution in [0.3, 0.4) is 0 Å². The number of nitrogens with zero attached hydrogens (tertiary/aromatic N) is 1. The van der Waals surface area contributed by atoms with Crippen LogP contribution in [0.1, 0.15) is 5.56 Å². The first kappa shape index (κ1) is 19.3. The third-order valence-corrected chi connectivity index (χ3v) is 3.79. The lowest BCUT2D eigenvalue weighted by Gasteiger charge is -2.12. The average Bonchev–Trinajstić information content (AvgIpc) is 2.72. The van der Waals surface area contributed by atoms with Crippen molar-refractivity contribution in [1.82, 2.24) is 10.3 Å². The molecule has 3 rings (SSSR count). The third-order valence-electron chi connectivity index (χ3n) is 3.58. The summed E-state index contributed by atoms with van der Waals surface area (Å²) in [6, 6.07) is 22.5. The molecule has 0 spiro atoms. The highest BCUT2D eigenvalue weighted by atomic mass is 32.1. The van der Waals surface area contributed by atoms with Crippen molar-refractivity contribution < 1.29 is 14.3 Å². The lowest BCUT2D eigenvalue weighted by molar-refractivity contribution is -0.121. The standard InChI is InChI=1S/C21H19N3O3S/c25-19(15-27-20-11-4-5-12-22-20)24-21(28)23-17-9-6-10-18(13-17)26-14-16-7-2-1-3-8-16/h1-13H,14-15H2,(H2,23,24,25,28). The van der Waals surface area contributed by atoms with Gasteiger partial charge in [-0.05, 0) is 36.0 Å². The number of hydrogen-bond donors (Lipinski definition) is 2. The first-order chi connectivity index (χ1) is 13.7. The second kappa shape index (κ2) is 10.0. The molecule has 0 atom stereocenters. The van der Waals surface area contributed by atoms with Gasteiger partial charge in [0.15, 0.2) is 11.7 Å². The third kappa shape index (κ3) is 6.37. The van der Waals surface area contributed by atoms with E-state index in [1.165, 1.54) is 0 Å². The fourth-order valence-corrected chi connectivity index (χ4v) is 2.53. The van der Waals surface area contributed by atoms with E-state index in [9.17, 15) is 4.79 Å². The fourth-order valence-electron chi connectivity index (χ4n) is 2.30.